The molecule has 1 N–H and O–H groups in total. The predicted octanol–water partition coefficient (Wildman–Crippen LogP) is 2.05. The number of carbonyl (C=O) groups is 1. The molecule has 0 spiro atoms. The van der Waals surface area contributed by atoms with Gasteiger partial charge in [0.25, 0.3) is 5.69 Å². The van der Waals surface area contributed by atoms with Gasteiger partial charge >= 0.3 is 0 Å². The van der Waals surface area contributed by atoms with Crippen LogP contribution >= 0.6 is 11.3 Å². The van der Waals surface area contributed by atoms with Gasteiger partial charge in [-0.2, -0.15) is 5.10 Å². The zero-order valence-electron chi connectivity index (χ0n) is 11.1. The van der Waals surface area contributed by atoms with Gasteiger partial charge in [-0.25, -0.2) is 10.4 Å². The fourth-order valence-corrected chi connectivity index (χ4v) is 2.24. The molecule has 0 saturated heterocycles. The van der Waals surface area contributed by atoms with Crippen molar-refractivity contribution in [3.05, 3.63) is 56.0 Å². The second-order valence-corrected chi connectivity index (χ2v) is 5.21. The predicted molar refractivity (Wildman–Crippen MR) is 79.4 cm³/mol. The van der Waals surface area contributed by atoms with Gasteiger partial charge in [-0.15, -0.1) is 11.3 Å². The van der Waals surface area contributed by atoms with Crippen molar-refractivity contribution in [2.45, 2.75) is 13.3 Å². The van der Waals surface area contributed by atoms with E-state index in [1.807, 2.05) is 6.92 Å². The Hall–Kier alpha value is -2.61. The first-order valence-corrected chi connectivity index (χ1v) is 6.90. The summed E-state index contributed by atoms with van der Waals surface area (Å²) in [5, 5.41) is 17.2. The summed E-state index contributed by atoms with van der Waals surface area (Å²) in [4.78, 5) is 26.1. The number of rotatable bonds is 5. The lowest BCUT2D eigenvalue weighted by molar-refractivity contribution is -0.385. The van der Waals surface area contributed by atoms with Crippen molar-refractivity contribution < 1.29 is 9.72 Å². The lowest BCUT2D eigenvalue weighted by atomic mass is 10.2. The summed E-state index contributed by atoms with van der Waals surface area (Å²) in [7, 11) is 0. The highest BCUT2D eigenvalue weighted by atomic mass is 32.1. The van der Waals surface area contributed by atoms with Gasteiger partial charge in [0.15, 0.2) is 0 Å². The average Bonchev–Trinajstić information content (AvgIpc) is 2.84. The topological polar surface area (TPSA) is 97.5 Å². The Morgan fingerprint density at radius 2 is 2.29 bits per heavy atom. The summed E-state index contributed by atoms with van der Waals surface area (Å²) in [5.41, 5.74) is 3.27. The molecule has 0 radical (unpaired) electrons. The summed E-state index contributed by atoms with van der Waals surface area (Å²) >= 11 is 1.47. The molecule has 1 amide bonds. The van der Waals surface area contributed by atoms with E-state index in [2.05, 4.69) is 15.5 Å². The zero-order valence-corrected chi connectivity index (χ0v) is 12.0. The molecule has 1 heterocycles. The molecule has 108 valence electrons. The molecule has 0 aliphatic rings. The Bertz CT molecular complexity index is 696. The van der Waals surface area contributed by atoms with Gasteiger partial charge in [-0.1, -0.05) is 12.1 Å². The molecule has 1 aromatic heterocycles. The van der Waals surface area contributed by atoms with Crippen LogP contribution in [0.15, 0.2) is 34.7 Å². The van der Waals surface area contributed by atoms with Crippen LogP contribution in [-0.2, 0) is 11.2 Å². The number of para-hydroxylation sites is 1. The number of nitro benzene ring substituents is 1. The quantitative estimate of drug-likeness (QED) is 0.519. The number of hydrogen-bond acceptors (Lipinski definition) is 6. The number of nitro groups is 1. The number of aryl methyl sites for hydroxylation is 1. The van der Waals surface area contributed by atoms with Crippen LogP contribution in [0.4, 0.5) is 5.69 Å². The first kappa shape index (κ1) is 14.8. The van der Waals surface area contributed by atoms with Gasteiger partial charge in [-0.3, -0.25) is 14.9 Å². The Morgan fingerprint density at radius 1 is 1.52 bits per heavy atom. The largest absolute Gasteiger partial charge is 0.278 e. The highest BCUT2D eigenvalue weighted by molar-refractivity contribution is 7.09. The number of aromatic nitrogens is 1. The lowest BCUT2D eigenvalue weighted by Crippen LogP contribution is -2.20. The Labute approximate surface area is 124 Å². The molecular formula is C13H12N4O3S. The molecule has 21 heavy (non-hydrogen) atoms. The van der Waals surface area contributed by atoms with E-state index >= 15 is 0 Å². The number of nitrogens with one attached hydrogen (secondary N) is 1. The number of thiazole rings is 1. The average molecular weight is 304 g/mol. The van der Waals surface area contributed by atoms with Crippen LogP contribution in [-0.4, -0.2) is 22.0 Å². The molecule has 8 heteroatoms. The summed E-state index contributed by atoms with van der Waals surface area (Å²) in [5.74, 6) is -0.324. The Morgan fingerprint density at radius 3 is 2.95 bits per heavy atom. The van der Waals surface area contributed by atoms with Crippen molar-refractivity contribution in [3.63, 3.8) is 0 Å². The molecule has 0 fully saturated rings. The van der Waals surface area contributed by atoms with E-state index in [0.717, 1.165) is 5.01 Å². The molecule has 7 nitrogen and oxygen atoms in total. The Balaban J connectivity index is 1.96. The number of hydrazone groups is 1. The number of amides is 1. The molecule has 0 unspecified atom stereocenters. The third-order valence-electron chi connectivity index (χ3n) is 2.53. The molecule has 2 rings (SSSR count). The maximum absolute atomic E-state index is 11.6. The third kappa shape index (κ3) is 4.18. The van der Waals surface area contributed by atoms with E-state index in [4.69, 9.17) is 0 Å². The normalized spacial score (nSPS) is 10.7. The van der Waals surface area contributed by atoms with E-state index in [-0.39, 0.29) is 18.0 Å². The zero-order chi connectivity index (χ0) is 15.2. The van der Waals surface area contributed by atoms with E-state index in [1.165, 1.54) is 23.6 Å². The summed E-state index contributed by atoms with van der Waals surface area (Å²) < 4.78 is 0. The second-order valence-electron chi connectivity index (χ2n) is 4.14. The highest BCUT2D eigenvalue weighted by Gasteiger charge is 2.10. The monoisotopic (exact) mass is 304 g/mol. The second kappa shape index (κ2) is 6.71. The van der Waals surface area contributed by atoms with Crippen molar-refractivity contribution in [1.29, 1.82) is 0 Å². The first-order chi connectivity index (χ1) is 10.1. The minimum Gasteiger partial charge on any atom is -0.273 e. The van der Waals surface area contributed by atoms with Crippen LogP contribution in [0.5, 0.6) is 0 Å². The van der Waals surface area contributed by atoms with Crippen molar-refractivity contribution in [2.75, 3.05) is 0 Å². The number of nitrogens with zero attached hydrogens (tertiary/aromatic N) is 3. The summed E-state index contributed by atoms with van der Waals surface area (Å²) in [6.45, 7) is 1.86. The SMILES string of the molecule is Cc1nc(CC(=O)N/N=C\c2ccccc2[N+](=O)[O-])cs1. The van der Waals surface area contributed by atoms with E-state index < -0.39 is 4.92 Å². The highest BCUT2D eigenvalue weighted by Crippen LogP contribution is 2.15. The van der Waals surface area contributed by atoms with E-state index in [9.17, 15) is 14.9 Å². The molecular weight excluding hydrogens is 292 g/mol. The molecule has 0 bridgehead atoms. The summed E-state index contributed by atoms with van der Waals surface area (Å²) in [6, 6.07) is 6.16. The maximum atomic E-state index is 11.6. The van der Waals surface area contributed by atoms with Gasteiger partial charge in [0.05, 0.1) is 33.8 Å². The maximum Gasteiger partial charge on any atom is 0.278 e. The minimum atomic E-state index is -0.499. The van der Waals surface area contributed by atoms with Gasteiger partial charge in [0, 0.05) is 11.4 Å². The van der Waals surface area contributed by atoms with E-state index in [0.29, 0.717) is 11.3 Å². The van der Waals surface area contributed by atoms with Crippen LogP contribution < -0.4 is 5.43 Å². The molecule has 0 aliphatic carbocycles. The van der Waals surface area contributed by atoms with Crippen molar-refractivity contribution in [1.82, 2.24) is 10.4 Å². The van der Waals surface area contributed by atoms with Crippen LogP contribution in [0.1, 0.15) is 16.3 Å². The van der Waals surface area contributed by atoms with Crippen LogP contribution in [0, 0.1) is 17.0 Å². The van der Waals surface area contributed by atoms with Gasteiger partial charge in [0.1, 0.15) is 0 Å². The third-order valence-corrected chi connectivity index (χ3v) is 3.36. The molecule has 0 saturated carbocycles. The number of hydrogen-bond donors (Lipinski definition) is 1. The minimum absolute atomic E-state index is 0.0642. The summed E-state index contributed by atoms with van der Waals surface area (Å²) in [6.07, 6.45) is 1.38. The fourth-order valence-electron chi connectivity index (χ4n) is 1.63. The van der Waals surface area contributed by atoms with Crippen LogP contribution in [0.2, 0.25) is 0 Å². The van der Waals surface area contributed by atoms with Crippen molar-refractivity contribution in [3.8, 4) is 0 Å². The van der Waals surface area contributed by atoms with Crippen molar-refractivity contribution >= 4 is 29.1 Å². The fraction of sp³-hybridized carbons (Fsp3) is 0.154. The van der Waals surface area contributed by atoms with Crippen LogP contribution in [0.3, 0.4) is 0 Å². The Kier molecular flexibility index (Phi) is 4.72. The molecule has 0 atom stereocenters. The van der Waals surface area contributed by atoms with Gasteiger partial charge in [0.2, 0.25) is 5.91 Å². The van der Waals surface area contributed by atoms with Crippen LogP contribution in [0.25, 0.3) is 0 Å². The van der Waals surface area contributed by atoms with E-state index in [1.54, 1.807) is 23.6 Å². The molecule has 1 aromatic carbocycles. The number of carbonyl (C=O) groups excluding carboxylic acids is 1. The lowest BCUT2D eigenvalue weighted by Gasteiger charge is -1.98. The van der Waals surface area contributed by atoms with Crippen molar-refractivity contribution in [2.24, 2.45) is 5.10 Å². The molecule has 0 aliphatic heterocycles. The van der Waals surface area contributed by atoms with Gasteiger partial charge < -0.3 is 0 Å². The number of benzene rings is 1. The first-order valence-electron chi connectivity index (χ1n) is 6.02. The smallest absolute Gasteiger partial charge is 0.273 e. The standard InChI is InChI=1S/C13H12N4O3S/c1-9-15-11(8-21-9)6-13(18)16-14-7-10-4-2-3-5-12(10)17(19)20/h2-5,7-8H,6H2,1H3,(H,16,18)/b14-7-. The molecule has 2 aromatic rings. The van der Waals surface area contributed by atoms with Gasteiger partial charge in [-0.05, 0) is 13.0 Å².